The molecule has 0 heterocycles. The standard InChI is InChI=1S/C19H27NO4/c1-4-17(21)11-8-12-23-14-18(15(2)3)20-19(22)24-13-16-9-6-5-7-10-16/h5-11,15,18H,4,12-14H2,1-3H3,(H,20,22)/b11-8+/t18-/m1/s1. The van der Waals surface area contributed by atoms with Gasteiger partial charge < -0.3 is 14.8 Å². The second kappa shape index (κ2) is 11.4. The second-order valence-electron chi connectivity index (χ2n) is 5.82. The highest BCUT2D eigenvalue weighted by molar-refractivity contribution is 5.89. The van der Waals surface area contributed by atoms with Crippen LogP contribution in [-0.4, -0.2) is 31.1 Å². The molecule has 0 saturated carbocycles. The van der Waals surface area contributed by atoms with Gasteiger partial charge in [-0.2, -0.15) is 0 Å². The Bertz CT molecular complexity index is 525. The summed E-state index contributed by atoms with van der Waals surface area (Å²) in [5.41, 5.74) is 0.940. The molecule has 1 rings (SSSR count). The van der Waals surface area contributed by atoms with Gasteiger partial charge in [0.25, 0.3) is 0 Å². The van der Waals surface area contributed by atoms with Crippen LogP contribution in [0.2, 0.25) is 0 Å². The van der Waals surface area contributed by atoms with E-state index in [9.17, 15) is 9.59 Å². The van der Waals surface area contributed by atoms with E-state index < -0.39 is 6.09 Å². The number of carbonyl (C=O) groups is 2. The number of hydrogen-bond acceptors (Lipinski definition) is 4. The normalized spacial score (nSPS) is 12.3. The second-order valence-corrected chi connectivity index (χ2v) is 5.82. The maximum atomic E-state index is 11.9. The lowest BCUT2D eigenvalue weighted by molar-refractivity contribution is -0.114. The van der Waals surface area contributed by atoms with E-state index in [1.165, 1.54) is 6.08 Å². The number of benzene rings is 1. The van der Waals surface area contributed by atoms with E-state index >= 15 is 0 Å². The molecule has 1 aromatic carbocycles. The number of nitrogens with one attached hydrogen (secondary N) is 1. The van der Waals surface area contributed by atoms with Gasteiger partial charge in [0.2, 0.25) is 0 Å². The van der Waals surface area contributed by atoms with Crippen LogP contribution < -0.4 is 5.32 Å². The lowest BCUT2D eigenvalue weighted by Crippen LogP contribution is -2.42. The summed E-state index contributed by atoms with van der Waals surface area (Å²) in [5.74, 6) is 0.275. The molecule has 0 unspecified atom stereocenters. The van der Waals surface area contributed by atoms with E-state index in [1.807, 2.05) is 51.1 Å². The number of carbonyl (C=O) groups excluding carboxylic acids is 2. The lowest BCUT2D eigenvalue weighted by Gasteiger charge is -2.21. The van der Waals surface area contributed by atoms with Crippen molar-refractivity contribution in [1.82, 2.24) is 5.32 Å². The van der Waals surface area contributed by atoms with Crippen molar-refractivity contribution in [2.24, 2.45) is 5.92 Å². The smallest absolute Gasteiger partial charge is 0.407 e. The van der Waals surface area contributed by atoms with Crippen LogP contribution in [0.4, 0.5) is 4.79 Å². The molecule has 0 aromatic heterocycles. The monoisotopic (exact) mass is 333 g/mol. The third-order valence-corrected chi connectivity index (χ3v) is 3.48. The molecule has 1 aromatic rings. The predicted octanol–water partition coefficient (Wildman–Crippen LogP) is 3.49. The van der Waals surface area contributed by atoms with Crippen molar-refractivity contribution >= 4 is 11.9 Å². The minimum Gasteiger partial charge on any atom is -0.445 e. The zero-order chi connectivity index (χ0) is 17.8. The molecule has 0 aliphatic rings. The fourth-order valence-corrected chi connectivity index (χ4v) is 1.88. The Morgan fingerprint density at radius 1 is 1.21 bits per heavy atom. The summed E-state index contributed by atoms with van der Waals surface area (Å²) in [6.45, 7) is 6.76. The highest BCUT2D eigenvalue weighted by atomic mass is 16.5. The van der Waals surface area contributed by atoms with Gasteiger partial charge >= 0.3 is 6.09 Å². The third-order valence-electron chi connectivity index (χ3n) is 3.48. The molecule has 0 aliphatic carbocycles. The number of amides is 1. The first-order valence-corrected chi connectivity index (χ1v) is 8.27. The molecule has 0 aliphatic heterocycles. The van der Waals surface area contributed by atoms with Gasteiger partial charge in [-0.3, -0.25) is 4.79 Å². The van der Waals surface area contributed by atoms with Crippen LogP contribution in [0.1, 0.15) is 32.8 Å². The molecule has 0 bridgehead atoms. The van der Waals surface area contributed by atoms with Crippen molar-refractivity contribution in [3.8, 4) is 0 Å². The minimum atomic E-state index is -0.460. The first kappa shape index (κ1) is 19.9. The van der Waals surface area contributed by atoms with Crippen LogP contribution >= 0.6 is 0 Å². The average Bonchev–Trinajstić information content (AvgIpc) is 2.59. The van der Waals surface area contributed by atoms with E-state index in [4.69, 9.17) is 9.47 Å². The molecule has 24 heavy (non-hydrogen) atoms. The summed E-state index contributed by atoms with van der Waals surface area (Å²) in [6, 6.07) is 9.37. The third kappa shape index (κ3) is 8.48. The molecule has 0 saturated heterocycles. The SMILES string of the molecule is CCC(=O)/C=C/COC[C@@H](NC(=O)OCc1ccccc1)C(C)C. The number of alkyl carbamates (subject to hydrolysis) is 1. The van der Waals surface area contributed by atoms with Gasteiger partial charge in [0.05, 0.1) is 19.3 Å². The molecule has 1 amide bonds. The largest absolute Gasteiger partial charge is 0.445 e. The fraction of sp³-hybridized carbons (Fsp3) is 0.474. The molecule has 0 spiro atoms. The molecule has 5 nitrogen and oxygen atoms in total. The van der Waals surface area contributed by atoms with Crippen LogP contribution in [0.25, 0.3) is 0 Å². The fourth-order valence-electron chi connectivity index (χ4n) is 1.88. The first-order chi connectivity index (χ1) is 11.5. The molecule has 1 atom stereocenters. The van der Waals surface area contributed by atoms with Gasteiger partial charge in [-0.05, 0) is 17.6 Å². The van der Waals surface area contributed by atoms with Crippen LogP contribution in [0.3, 0.4) is 0 Å². The number of ether oxygens (including phenoxy) is 2. The number of hydrogen-bond donors (Lipinski definition) is 1. The molecular weight excluding hydrogens is 306 g/mol. The molecule has 0 fully saturated rings. The zero-order valence-corrected chi connectivity index (χ0v) is 14.7. The first-order valence-electron chi connectivity index (χ1n) is 8.27. The molecular formula is C19H27NO4. The van der Waals surface area contributed by atoms with E-state index in [1.54, 1.807) is 6.08 Å². The Morgan fingerprint density at radius 3 is 2.54 bits per heavy atom. The van der Waals surface area contributed by atoms with E-state index in [-0.39, 0.29) is 24.3 Å². The maximum absolute atomic E-state index is 11.9. The van der Waals surface area contributed by atoms with Crippen molar-refractivity contribution < 1.29 is 19.1 Å². The molecule has 132 valence electrons. The summed E-state index contributed by atoms with van der Waals surface area (Å²) in [5, 5.41) is 2.82. The number of rotatable bonds is 10. The summed E-state index contributed by atoms with van der Waals surface area (Å²) in [6.07, 6.45) is 3.24. The van der Waals surface area contributed by atoms with Gasteiger partial charge in [-0.25, -0.2) is 4.79 Å². The van der Waals surface area contributed by atoms with E-state index in [0.29, 0.717) is 19.6 Å². The Morgan fingerprint density at radius 2 is 1.92 bits per heavy atom. The van der Waals surface area contributed by atoms with Crippen LogP contribution in [0.15, 0.2) is 42.5 Å². The van der Waals surface area contributed by atoms with Gasteiger partial charge in [0.1, 0.15) is 6.61 Å². The van der Waals surface area contributed by atoms with Gasteiger partial charge in [0, 0.05) is 6.42 Å². The van der Waals surface area contributed by atoms with Crippen LogP contribution in [0, 0.1) is 5.92 Å². The summed E-state index contributed by atoms with van der Waals surface area (Å²) in [4.78, 5) is 23.0. The highest BCUT2D eigenvalue weighted by Crippen LogP contribution is 2.05. The number of allylic oxidation sites excluding steroid dienone is 1. The van der Waals surface area contributed by atoms with Crippen molar-refractivity contribution in [1.29, 1.82) is 0 Å². The number of ketones is 1. The molecule has 5 heteroatoms. The highest BCUT2D eigenvalue weighted by Gasteiger charge is 2.17. The summed E-state index contributed by atoms with van der Waals surface area (Å²) in [7, 11) is 0. The maximum Gasteiger partial charge on any atom is 0.407 e. The Hall–Kier alpha value is -2.14. The van der Waals surface area contributed by atoms with Crippen LogP contribution in [-0.2, 0) is 20.9 Å². The van der Waals surface area contributed by atoms with Crippen LogP contribution in [0.5, 0.6) is 0 Å². The Balaban J connectivity index is 2.32. The van der Waals surface area contributed by atoms with E-state index in [0.717, 1.165) is 5.56 Å². The summed E-state index contributed by atoms with van der Waals surface area (Å²) >= 11 is 0. The zero-order valence-electron chi connectivity index (χ0n) is 14.7. The molecule has 0 radical (unpaired) electrons. The van der Waals surface area contributed by atoms with Crippen molar-refractivity contribution in [2.45, 2.75) is 39.8 Å². The Labute approximate surface area is 144 Å². The quantitative estimate of drug-likeness (QED) is 0.526. The summed E-state index contributed by atoms with van der Waals surface area (Å²) < 4.78 is 10.7. The lowest BCUT2D eigenvalue weighted by atomic mass is 10.1. The van der Waals surface area contributed by atoms with Crippen molar-refractivity contribution in [3.63, 3.8) is 0 Å². The predicted molar refractivity (Wildman–Crippen MR) is 93.6 cm³/mol. The topological polar surface area (TPSA) is 64.6 Å². The van der Waals surface area contributed by atoms with E-state index in [2.05, 4.69) is 5.32 Å². The van der Waals surface area contributed by atoms with Gasteiger partial charge in [-0.15, -0.1) is 0 Å². The average molecular weight is 333 g/mol. The minimum absolute atomic E-state index is 0.0709. The Kier molecular flexibility index (Phi) is 9.46. The van der Waals surface area contributed by atoms with Gasteiger partial charge in [-0.1, -0.05) is 57.2 Å². The van der Waals surface area contributed by atoms with Crippen molar-refractivity contribution in [2.75, 3.05) is 13.2 Å². The van der Waals surface area contributed by atoms with Gasteiger partial charge in [0.15, 0.2) is 5.78 Å². The molecule has 1 N–H and O–H groups in total. The van der Waals surface area contributed by atoms with Crippen molar-refractivity contribution in [3.05, 3.63) is 48.0 Å².